The Morgan fingerprint density at radius 3 is 2.84 bits per heavy atom. The van der Waals surface area contributed by atoms with Gasteiger partial charge in [0, 0.05) is 50.6 Å². The smallest absolute Gasteiger partial charge is 0.146 e. The van der Waals surface area contributed by atoms with Crippen molar-refractivity contribution >= 4 is 5.82 Å². The van der Waals surface area contributed by atoms with Gasteiger partial charge in [0.25, 0.3) is 0 Å². The zero-order chi connectivity index (χ0) is 17.6. The van der Waals surface area contributed by atoms with E-state index in [1.54, 1.807) is 30.5 Å². The zero-order valence-corrected chi connectivity index (χ0v) is 14.0. The summed E-state index contributed by atoms with van der Waals surface area (Å²) in [4.78, 5) is 8.63. The highest BCUT2D eigenvalue weighted by Crippen LogP contribution is 2.23. The van der Waals surface area contributed by atoms with Crippen LogP contribution in [0.4, 0.5) is 10.2 Å². The van der Waals surface area contributed by atoms with E-state index in [2.05, 4.69) is 20.9 Å². The highest BCUT2D eigenvalue weighted by Gasteiger charge is 2.28. The average molecular weight is 340 g/mol. The first-order valence-electron chi connectivity index (χ1n) is 8.41. The van der Waals surface area contributed by atoms with Crippen molar-refractivity contribution in [2.45, 2.75) is 19.0 Å². The number of hydrogen-bond acceptors (Lipinski definition) is 5. The number of piperazine rings is 1. The molecule has 1 aliphatic rings. The molecule has 0 radical (unpaired) electrons. The number of anilines is 1. The monoisotopic (exact) mass is 340 g/mol. The Kier molecular flexibility index (Phi) is 5.59. The third-order valence-electron chi connectivity index (χ3n) is 4.60. The van der Waals surface area contributed by atoms with Crippen molar-refractivity contribution in [1.29, 1.82) is 5.26 Å². The Morgan fingerprint density at radius 1 is 1.24 bits per heavy atom. The molecule has 1 atom stereocenters. The van der Waals surface area contributed by atoms with Crippen molar-refractivity contribution in [1.82, 2.24) is 9.88 Å². The van der Waals surface area contributed by atoms with Crippen molar-refractivity contribution in [3.05, 3.63) is 59.5 Å². The predicted octanol–water partition coefficient (Wildman–Crippen LogP) is 2.17. The number of nitrogens with zero attached hydrogens (tertiary/aromatic N) is 4. The third-order valence-corrected chi connectivity index (χ3v) is 4.60. The quantitative estimate of drug-likeness (QED) is 0.904. The summed E-state index contributed by atoms with van der Waals surface area (Å²) in [6.07, 6.45) is 2.28. The van der Waals surface area contributed by atoms with Gasteiger partial charge in [0.1, 0.15) is 17.7 Å². The van der Waals surface area contributed by atoms with Gasteiger partial charge in [0.05, 0.1) is 5.56 Å². The summed E-state index contributed by atoms with van der Waals surface area (Å²) < 4.78 is 14.0. The summed E-state index contributed by atoms with van der Waals surface area (Å²) in [6.45, 7) is 2.67. The maximum atomic E-state index is 14.0. The number of aliphatic hydroxyl groups is 1. The molecule has 25 heavy (non-hydrogen) atoms. The third kappa shape index (κ3) is 3.95. The van der Waals surface area contributed by atoms with Gasteiger partial charge in [-0.2, -0.15) is 5.26 Å². The zero-order valence-electron chi connectivity index (χ0n) is 14.0. The molecule has 0 spiro atoms. The molecule has 0 amide bonds. The number of aromatic nitrogens is 1. The van der Waals surface area contributed by atoms with Crippen LogP contribution in [-0.2, 0) is 6.54 Å². The van der Waals surface area contributed by atoms with E-state index in [1.165, 1.54) is 6.07 Å². The fourth-order valence-electron chi connectivity index (χ4n) is 3.30. The van der Waals surface area contributed by atoms with E-state index in [0.29, 0.717) is 43.0 Å². The predicted molar refractivity (Wildman–Crippen MR) is 93.5 cm³/mol. The second-order valence-corrected chi connectivity index (χ2v) is 6.16. The summed E-state index contributed by atoms with van der Waals surface area (Å²) in [6, 6.07) is 12.6. The summed E-state index contributed by atoms with van der Waals surface area (Å²) in [5.74, 6) is 0.475. The molecule has 1 saturated heterocycles. The number of benzene rings is 1. The van der Waals surface area contributed by atoms with E-state index in [9.17, 15) is 14.8 Å². The van der Waals surface area contributed by atoms with E-state index in [-0.39, 0.29) is 18.5 Å². The minimum atomic E-state index is -0.204. The lowest BCUT2D eigenvalue weighted by molar-refractivity contribution is 0.134. The number of rotatable bonds is 5. The van der Waals surface area contributed by atoms with Crippen LogP contribution < -0.4 is 4.90 Å². The van der Waals surface area contributed by atoms with E-state index >= 15 is 0 Å². The molecule has 2 aromatic rings. The Balaban J connectivity index is 1.77. The molecule has 1 fully saturated rings. The Labute approximate surface area is 146 Å². The molecule has 1 aromatic carbocycles. The lowest BCUT2D eigenvalue weighted by Gasteiger charge is -2.42. The van der Waals surface area contributed by atoms with Crippen molar-refractivity contribution in [3.8, 4) is 6.07 Å². The van der Waals surface area contributed by atoms with E-state index in [4.69, 9.17) is 0 Å². The normalized spacial score (nSPS) is 18.1. The average Bonchev–Trinajstić information content (AvgIpc) is 2.65. The molecule has 1 aliphatic heterocycles. The molecule has 0 saturated carbocycles. The number of hydrogen-bond donors (Lipinski definition) is 1. The fourth-order valence-corrected chi connectivity index (χ4v) is 3.30. The van der Waals surface area contributed by atoms with Crippen molar-refractivity contribution < 1.29 is 9.50 Å². The molecular weight excluding hydrogens is 319 g/mol. The molecule has 0 bridgehead atoms. The van der Waals surface area contributed by atoms with E-state index in [0.717, 1.165) is 6.54 Å². The highest BCUT2D eigenvalue weighted by atomic mass is 19.1. The first-order chi connectivity index (χ1) is 12.2. The lowest BCUT2D eigenvalue weighted by Crippen LogP contribution is -2.53. The maximum Gasteiger partial charge on any atom is 0.146 e. The van der Waals surface area contributed by atoms with Crippen LogP contribution in [0.1, 0.15) is 17.5 Å². The summed E-state index contributed by atoms with van der Waals surface area (Å²) >= 11 is 0. The summed E-state index contributed by atoms with van der Waals surface area (Å²) in [7, 11) is 0. The maximum absolute atomic E-state index is 14.0. The van der Waals surface area contributed by atoms with Crippen molar-refractivity contribution in [2.24, 2.45) is 0 Å². The second kappa shape index (κ2) is 8.06. The molecule has 6 heteroatoms. The van der Waals surface area contributed by atoms with Crippen molar-refractivity contribution in [3.63, 3.8) is 0 Å². The number of pyridine rings is 1. The Bertz CT molecular complexity index is 761. The van der Waals surface area contributed by atoms with Crippen LogP contribution in [0.2, 0.25) is 0 Å². The van der Waals surface area contributed by atoms with Crippen LogP contribution >= 0.6 is 0 Å². The van der Waals surface area contributed by atoms with E-state index in [1.807, 2.05) is 6.07 Å². The highest BCUT2D eigenvalue weighted by molar-refractivity contribution is 5.53. The standard InChI is InChI=1S/C19H21FN4O/c20-18-6-2-1-4-16(18)13-23-9-10-24(14-17(23)7-11-25)19-15(12-21)5-3-8-22-19/h1-6,8,17,25H,7,9-11,13-14H2. The molecule has 130 valence electrons. The summed E-state index contributed by atoms with van der Waals surface area (Å²) in [5.41, 5.74) is 1.21. The molecule has 5 nitrogen and oxygen atoms in total. The van der Waals surface area contributed by atoms with Crippen LogP contribution in [0, 0.1) is 17.1 Å². The SMILES string of the molecule is N#Cc1cccnc1N1CCN(Cc2ccccc2F)C(CCO)C1. The largest absolute Gasteiger partial charge is 0.396 e. The van der Waals surface area contributed by atoms with E-state index < -0.39 is 0 Å². The van der Waals surface area contributed by atoms with Crippen LogP contribution in [0.15, 0.2) is 42.6 Å². The Hall–Kier alpha value is -2.49. The van der Waals surface area contributed by atoms with Gasteiger partial charge >= 0.3 is 0 Å². The topological polar surface area (TPSA) is 63.4 Å². The minimum Gasteiger partial charge on any atom is -0.396 e. The first kappa shape index (κ1) is 17.3. The lowest BCUT2D eigenvalue weighted by atomic mass is 10.1. The van der Waals surface area contributed by atoms with Gasteiger partial charge in [-0.05, 0) is 24.6 Å². The summed E-state index contributed by atoms with van der Waals surface area (Å²) in [5, 5.41) is 18.7. The van der Waals surface area contributed by atoms with Crippen LogP contribution in [0.5, 0.6) is 0 Å². The Morgan fingerprint density at radius 2 is 2.08 bits per heavy atom. The first-order valence-corrected chi connectivity index (χ1v) is 8.41. The van der Waals surface area contributed by atoms with Gasteiger partial charge in [-0.3, -0.25) is 4.90 Å². The molecule has 1 aromatic heterocycles. The van der Waals surface area contributed by atoms with Gasteiger partial charge in [0.2, 0.25) is 0 Å². The van der Waals surface area contributed by atoms with Gasteiger partial charge in [-0.1, -0.05) is 18.2 Å². The molecule has 1 unspecified atom stereocenters. The minimum absolute atomic E-state index is 0.0691. The van der Waals surface area contributed by atoms with Crippen LogP contribution in [0.25, 0.3) is 0 Å². The number of aliphatic hydroxyl groups excluding tert-OH is 1. The van der Waals surface area contributed by atoms with Gasteiger partial charge in [0.15, 0.2) is 0 Å². The fraction of sp³-hybridized carbons (Fsp3) is 0.368. The molecule has 1 N–H and O–H groups in total. The molecule has 0 aliphatic carbocycles. The van der Waals surface area contributed by atoms with Crippen molar-refractivity contribution in [2.75, 3.05) is 31.1 Å². The molecular formula is C19H21FN4O. The van der Waals surface area contributed by atoms with Gasteiger partial charge < -0.3 is 10.0 Å². The number of nitriles is 1. The molecule has 3 rings (SSSR count). The van der Waals surface area contributed by atoms with Gasteiger partial charge in [-0.15, -0.1) is 0 Å². The number of halogens is 1. The van der Waals surface area contributed by atoms with Gasteiger partial charge in [-0.25, -0.2) is 9.37 Å². The molecule has 2 heterocycles. The van der Waals surface area contributed by atoms with Crippen LogP contribution in [-0.4, -0.2) is 47.3 Å². The second-order valence-electron chi connectivity index (χ2n) is 6.16. The van der Waals surface area contributed by atoms with Crippen LogP contribution in [0.3, 0.4) is 0 Å².